The van der Waals surface area contributed by atoms with Gasteiger partial charge in [-0.25, -0.2) is 0 Å². The largest absolute Gasteiger partial charge is 0.673 e. The quantitative estimate of drug-likeness (QED) is 0.192. The van der Waals surface area contributed by atoms with Crippen LogP contribution in [0.4, 0.5) is 104 Å². The Morgan fingerprint density at radius 1 is 0.143 bits per heavy atom. The maximum absolute atomic E-state index is 9.75. The Labute approximate surface area is 221 Å². The second-order valence-electron chi connectivity index (χ2n) is 5.28. The van der Waals surface area contributed by atoms with E-state index in [1.807, 2.05) is 72.8 Å². The highest BCUT2D eigenvalue weighted by Crippen LogP contribution is 2.09. The molecule has 0 nitrogen and oxygen atoms in total. The van der Waals surface area contributed by atoms with Crippen LogP contribution in [0.1, 0.15) is 0 Å². The zero-order valence-corrected chi connectivity index (χ0v) is 19.5. The first kappa shape index (κ1) is 51.9. The van der Waals surface area contributed by atoms with Gasteiger partial charge < -0.3 is 104 Å². The molecule has 0 fully saturated rings. The molecule has 0 atom stereocenters. The van der Waals surface area contributed by atoms with Gasteiger partial charge in [-0.3, -0.25) is 0 Å². The van der Waals surface area contributed by atoms with Crippen molar-refractivity contribution in [3.05, 3.63) is 72.8 Å². The van der Waals surface area contributed by atoms with Gasteiger partial charge in [0.2, 0.25) is 0 Å². The summed E-state index contributed by atoms with van der Waals surface area (Å²) in [5.41, 5.74) is 0. The van der Waals surface area contributed by atoms with Crippen LogP contribution in [0, 0.1) is 0 Å². The van der Waals surface area contributed by atoms with Crippen LogP contribution in [0.15, 0.2) is 72.8 Å². The van der Waals surface area contributed by atoms with E-state index in [1.54, 1.807) is 0 Å². The SMILES string of the molecule is F[B-](F)(F)F.F[B-](F)(F)F.F[B-](F)(F)F.F[B-](F)(F)F.F[B-](F)(F)F.F[B-](F)(F)F.c1ccccc1.c1ccccc1. The Bertz CT molecular complexity index is 554. The van der Waals surface area contributed by atoms with E-state index in [0.29, 0.717) is 0 Å². The predicted molar refractivity (Wildman–Crippen MR) is 114 cm³/mol. The van der Waals surface area contributed by atoms with Gasteiger partial charge >= 0.3 is 43.5 Å². The summed E-state index contributed by atoms with van der Waals surface area (Å²) in [5.74, 6) is 0. The Morgan fingerprint density at radius 2 is 0.167 bits per heavy atom. The summed E-state index contributed by atoms with van der Waals surface area (Å²) in [7, 11) is -36.0. The lowest BCUT2D eigenvalue weighted by atomic mass is 10.3. The van der Waals surface area contributed by atoms with E-state index in [2.05, 4.69) is 0 Å². The molecule has 0 spiro atoms. The van der Waals surface area contributed by atoms with Crippen molar-refractivity contribution < 1.29 is 104 Å². The number of rotatable bonds is 0. The second-order valence-corrected chi connectivity index (χ2v) is 5.28. The molecule has 2 rings (SSSR count). The Balaban J connectivity index is -0.0000000884. The van der Waals surface area contributed by atoms with Crippen molar-refractivity contribution in [1.29, 1.82) is 0 Å². The summed E-state index contributed by atoms with van der Waals surface area (Å²) in [6.07, 6.45) is 0. The summed E-state index contributed by atoms with van der Waals surface area (Å²) in [5, 5.41) is 0. The van der Waals surface area contributed by atoms with Crippen LogP contribution in [0.2, 0.25) is 0 Å². The first-order valence-corrected chi connectivity index (χ1v) is 9.24. The highest BCUT2D eigenvalue weighted by molar-refractivity contribution is 6.51. The van der Waals surface area contributed by atoms with Gasteiger partial charge in [0.15, 0.2) is 0 Å². The minimum absolute atomic E-state index is 2.00. The average Bonchev–Trinajstić information content (AvgIpc) is 2.63. The fourth-order valence-corrected chi connectivity index (χ4v) is 0.770. The minimum atomic E-state index is -6.00. The molecule has 0 aliphatic rings. The van der Waals surface area contributed by atoms with Gasteiger partial charge in [0, 0.05) is 0 Å². The Kier molecular flexibility index (Phi) is 31.9. The van der Waals surface area contributed by atoms with E-state index in [1.165, 1.54) is 0 Å². The number of benzene rings is 2. The van der Waals surface area contributed by atoms with E-state index in [4.69, 9.17) is 0 Å². The topological polar surface area (TPSA) is 0 Å². The van der Waals surface area contributed by atoms with Crippen molar-refractivity contribution in [2.75, 3.05) is 0 Å². The summed E-state index contributed by atoms with van der Waals surface area (Å²) < 4.78 is 234. The third-order valence-corrected chi connectivity index (χ3v) is 1.33. The van der Waals surface area contributed by atoms with E-state index in [-0.39, 0.29) is 0 Å². The summed E-state index contributed by atoms with van der Waals surface area (Å²) in [6.45, 7) is 0. The molecule has 0 aromatic heterocycles. The van der Waals surface area contributed by atoms with E-state index in [9.17, 15) is 104 Å². The molecular formula is C12H12B6F24-6. The van der Waals surface area contributed by atoms with Gasteiger partial charge in [-0.15, -0.1) is 0 Å². The maximum Gasteiger partial charge on any atom is 0.673 e. The highest BCUT2D eigenvalue weighted by Gasteiger charge is 2.22. The molecule has 252 valence electrons. The lowest BCUT2D eigenvalue weighted by molar-refractivity contribution is 0.366. The standard InChI is InChI=1S/2C6H6.6BF4/c2*1-2-4-6-5-3-1;6*2-1(3,4)5/h2*1-6H;;;;;;/q;;6*-1. The van der Waals surface area contributed by atoms with Gasteiger partial charge in [0.1, 0.15) is 0 Å². The molecule has 0 N–H and O–H groups in total. The van der Waals surface area contributed by atoms with E-state index >= 15 is 0 Å². The van der Waals surface area contributed by atoms with Gasteiger partial charge in [-0.05, 0) is 0 Å². The molecule has 0 amide bonds. The molecule has 0 unspecified atom stereocenters. The van der Waals surface area contributed by atoms with E-state index in [0.717, 1.165) is 0 Å². The van der Waals surface area contributed by atoms with Crippen LogP contribution in [-0.4, -0.2) is 43.5 Å². The fraction of sp³-hybridized carbons (Fsp3) is 0. The summed E-state index contributed by atoms with van der Waals surface area (Å²) >= 11 is 0. The maximum atomic E-state index is 9.75. The lowest BCUT2D eigenvalue weighted by Crippen LogP contribution is -2.02. The zero-order valence-electron chi connectivity index (χ0n) is 19.5. The van der Waals surface area contributed by atoms with Gasteiger partial charge in [-0.2, -0.15) is 0 Å². The minimum Gasteiger partial charge on any atom is -0.418 e. The van der Waals surface area contributed by atoms with E-state index < -0.39 is 43.5 Å². The lowest BCUT2D eigenvalue weighted by Gasteiger charge is -1.94. The van der Waals surface area contributed by atoms with Crippen LogP contribution in [-0.2, 0) is 0 Å². The molecule has 0 heterocycles. The molecule has 0 saturated heterocycles. The first-order valence-electron chi connectivity index (χ1n) is 9.24. The summed E-state index contributed by atoms with van der Waals surface area (Å²) in [6, 6.07) is 24.0. The second kappa shape index (κ2) is 25.8. The molecule has 0 aliphatic carbocycles. The van der Waals surface area contributed by atoms with Crippen LogP contribution in [0.25, 0.3) is 0 Å². The van der Waals surface area contributed by atoms with Crippen molar-refractivity contribution in [3.63, 3.8) is 0 Å². The van der Waals surface area contributed by atoms with Crippen LogP contribution >= 0.6 is 0 Å². The molecule has 0 aliphatic heterocycles. The predicted octanol–water partition coefficient (Wildman–Crippen LogP) is 11.2. The summed E-state index contributed by atoms with van der Waals surface area (Å²) in [4.78, 5) is 0. The molecule has 2 aromatic carbocycles. The number of hydrogen-bond acceptors (Lipinski definition) is 0. The van der Waals surface area contributed by atoms with Crippen LogP contribution in [0.3, 0.4) is 0 Å². The molecule has 30 heteroatoms. The van der Waals surface area contributed by atoms with Crippen molar-refractivity contribution >= 4 is 43.5 Å². The number of hydrogen-bond donors (Lipinski definition) is 0. The highest BCUT2D eigenvalue weighted by atomic mass is 19.5. The van der Waals surface area contributed by atoms with Gasteiger partial charge in [-0.1, -0.05) is 72.8 Å². The number of halogens is 24. The first-order chi connectivity index (χ1) is 18.0. The molecule has 42 heavy (non-hydrogen) atoms. The van der Waals surface area contributed by atoms with Crippen LogP contribution < -0.4 is 0 Å². The molecule has 0 bridgehead atoms. The van der Waals surface area contributed by atoms with Crippen molar-refractivity contribution in [2.45, 2.75) is 0 Å². The fourth-order valence-electron chi connectivity index (χ4n) is 0.770. The Morgan fingerprint density at radius 3 is 0.190 bits per heavy atom. The molecule has 0 saturated carbocycles. The van der Waals surface area contributed by atoms with Crippen molar-refractivity contribution in [3.8, 4) is 0 Å². The third-order valence-electron chi connectivity index (χ3n) is 1.33. The van der Waals surface area contributed by atoms with Gasteiger partial charge in [0.05, 0.1) is 0 Å². The monoisotopic (exact) mass is 678 g/mol. The molecular weight excluding hydrogens is 665 g/mol. The normalized spacial score (nSPS) is 10.9. The third kappa shape index (κ3) is 580. The Hall–Kier alpha value is -2.85. The average molecular weight is 677 g/mol. The molecule has 0 radical (unpaired) electrons. The van der Waals surface area contributed by atoms with Crippen LogP contribution in [0.5, 0.6) is 0 Å². The smallest absolute Gasteiger partial charge is 0.418 e. The van der Waals surface area contributed by atoms with Gasteiger partial charge in [0.25, 0.3) is 0 Å². The van der Waals surface area contributed by atoms with Crippen molar-refractivity contribution in [2.24, 2.45) is 0 Å². The van der Waals surface area contributed by atoms with Crippen molar-refractivity contribution in [1.82, 2.24) is 0 Å². The molecule has 2 aromatic rings. The zero-order chi connectivity index (χ0) is 35.5.